The Balaban J connectivity index is 1.66. The molecule has 1 atom stereocenters. The standard InChI is InChI=1S/C16H20N2O3/c19-14(18-16(15(20)21)7-3-4-8-16)9-11-10-17-13-6-2-1-5-12(11)13/h1-2,5-6,11,17H,3-4,7-10H2,(H,18,19)(H,20,21). The molecule has 1 aliphatic carbocycles. The first-order chi connectivity index (χ1) is 10.1. The number of rotatable bonds is 4. The third kappa shape index (κ3) is 2.60. The summed E-state index contributed by atoms with van der Waals surface area (Å²) in [4.78, 5) is 23.7. The fraction of sp³-hybridized carbons (Fsp3) is 0.500. The van der Waals surface area contributed by atoms with Gasteiger partial charge in [0.15, 0.2) is 0 Å². The minimum atomic E-state index is -1.04. The van der Waals surface area contributed by atoms with Crippen molar-refractivity contribution in [2.24, 2.45) is 0 Å². The van der Waals surface area contributed by atoms with Crippen molar-refractivity contribution >= 4 is 17.6 Å². The van der Waals surface area contributed by atoms with Crippen LogP contribution in [0.4, 0.5) is 5.69 Å². The number of carboxylic acid groups (broad SMARTS) is 1. The van der Waals surface area contributed by atoms with Crippen LogP contribution >= 0.6 is 0 Å². The summed E-state index contributed by atoms with van der Waals surface area (Å²) in [5, 5.41) is 15.5. The molecule has 1 fully saturated rings. The monoisotopic (exact) mass is 288 g/mol. The van der Waals surface area contributed by atoms with E-state index in [0.717, 1.165) is 30.6 Å². The van der Waals surface area contributed by atoms with Crippen LogP contribution in [0.1, 0.15) is 43.6 Å². The van der Waals surface area contributed by atoms with Gasteiger partial charge in [0.05, 0.1) is 0 Å². The van der Waals surface area contributed by atoms with Crippen LogP contribution in [0.5, 0.6) is 0 Å². The second kappa shape index (κ2) is 5.39. The second-order valence-electron chi connectivity index (χ2n) is 6.01. The van der Waals surface area contributed by atoms with Crippen molar-refractivity contribution in [1.82, 2.24) is 5.32 Å². The molecule has 5 nitrogen and oxygen atoms in total. The van der Waals surface area contributed by atoms with E-state index in [4.69, 9.17) is 0 Å². The zero-order chi connectivity index (χ0) is 14.9. The van der Waals surface area contributed by atoms with E-state index in [1.807, 2.05) is 24.3 Å². The number of para-hydroxylation sites is 1. The third-order valence-corrected chi connectivity index (χ3v) is 4.62. The van der Waals surface area contributed by atoms with Gasteiger partial charge >= 0.3 is 5.97 Å². The summed E-state index contributed by atoms with van der Waals surface area (Å²) in [6.45, 7) is 0.729. The van der Waals surface area contributed by atoms with E-state index in [1.54, 1.807) is 0 Å². The van der Waals surface area contributed by atoms with Crippen molar-refractivity contribution in [2.75, 3.05) is 11.9 Å². The number of hydrogen-bond acceptors (Lipinski definition) is 3. The van der Waals surface area contributed by atoms with Crippen LogP contribution in [-0.2, 0) is 9.59 Å². The molecule has 1 saturated carbocycles. The molecule has 21 heavy (non-hydrogen) atoms. The molecular weight excluding hydrogens is 268 g/mol. The first kappa shape index (κ1) is 13.9. The molecule has 2 aliphatic rings. The molecular formula is C16H20N2O3. The molecule has 112 valence electrons. The number of carbonyl (C=O) groups is 2. The molecule has 0 bridgehead atoms. The van der Waals surface area contributed by atoms with E-state index in [1.165, 1.54) is 0 Å². The van der Waals surface area contributed by atoms with Gasteiger partial charge in [0.1, 0.15) is 5.54 Å². The van der Waals surface area contributed by atoms with Crippen LogP contribution in [0.2, 0.25) is 0 Å². The fourth-order valence-electron chi connectivity index (χ4n) is 3.45. The van der Waals surface area contributed by atoms with Gasteiger partial charge in [0.2, 0.25) is 5.91 Å². The minimum Gasteiger partial charge on any atom is -0.480 e. The largest absolute Gasteiger partial charge is 0.480 e. The van der Waals surface area contributed by atoms with Crippen LogP contribution in [0.25, 0.3) is 0 Å². The number of amides is 1. The Morgan fingerprint density at radius 3 is 2.71 bits per heavy atom. The van der Waals surface area contributed by atoms with Gasteiger partial charge in [-0.05, 0) is 24.5 Å². The van der Waals surface area contributed by atoms with Gasteiger partial charge in [-0.25, -0.2) is 4.79 Å². The zero-order valence-corrected chi connectivity index (χ0v) is 11.9. The molecule has 3 rings (SSSR count). The lowest BCUT2D eigenvalue weighted by atomic mass is 9.94. The SMILES string of the molecule is O=C(CC1CNc2ccccc21)NC1(C(=O)O)CCCC1. The van der Waals surface area contributed by atoms with E-state index >= 15 is 0 Å². The normalized spacial score (nSPS) is 22.4. The fourth-order valence-corrected chi connectivity index (χ4v) is 3.45. The minimum absolute atomic E-state index is 0.119. The number of fused-ring (bicyclic) bond motifs is 1. The molecule has 1 unspecified atom stereocenters. The first-order valence-corrected chi connectivity index (χ1v) is 7.48. The molecule has 1 aromatic rings. The quantitative estimate of drug-likeness (QED) is 0.793. The summed E-state index contributed by atoms with van der Waals surface area (Å²) in [5.41, 5.74) is 1.18. The van der Waals surface area contributed by atoms with Gasteiger partial charge in [0, 0.05) is 24.6 Å². The van der Waals surface area contributed by atoms with Gasteiger partial charge in [-0.1, -0.05) is 31.0 Å². The van der Waals surface area contributed by atoms with E-state index in [2.05, 4.69) is 10.6 Å². The summed E-state index contributed by atoms with van der Waals surface area (Å²) in [6, 6.07) is 7.96. The number of anilines is 1. The van der Waals surface area contributed by atoms with Crippen molar-refractivity contribution in [1.29, 1.82) is 0 Å². The van der Waals surface area contributed by atoms with Crippen LogP contribution in [0.15, 0.2) is 24.3 Å². The molecule has 1 aliphatic heterocycles. The Hall–Kier alpha value is -2.04. The Morgan fingerprint density at radius 2 is 2.00 bits per heavy atom. The highest BCUT2D eigenvalue weighted by Gasteiger charge is 2.42. The Morgan fingerprint density at radius 1 is 1.29 bits per heavy atom. The Labute approximate surface area is 123 Å². The lowest BCUT2D eigenvalue weighted by molar-refractivity contribution is -0.147. The van der Waals surface area contributed by atoms with Crippen molar-refractivity contribution in [3.63, 3.8) is 0 Å². The second-order valence-corrected chi connectivity index (χ2v) is 6.01. The molecule has 0 aromatic heterocycles. The molecule has 1 heterocycles. The highest BCUT2D eigenvalue weighted by atomic mass is 16.4. The smallest absolute Gasteiger partial charge is 0.329 e. The van der Waals surface area contributed by atoms with Crippen molar-refractivity contribution in [3.8, 4) is 0 Å². The van der Waals surface area contributed by atoms with E-state index in [-0.39, 0.29) is 11.8 Å². The highest BCUT2D eigenvalue weighted by molar-refractivity contribution is 5.88. The molecule has 0 radical (unpaired) electrons. The zero-order valence-electron chi connectivity index (χ0n) is 11.9. The van der Waals surface area contributed by atoms with Gasteiger partial charge in [-0.3, -0.25) is 4.79 Å². The predicted octanol–water partition coefficient (Wildman–Crippen LogP) is 2.10. The number of aliphatic carboxylic acids is 1. The summed E-state index contributed by atoms with van der Waals surface area (Å²) in [5.74, 6) is -0.949. The summed E-state index contributed by atoms with van der Waals surface area (Å²) in [7, 11) is 0. The predicted molar refractivity (Wildman–Crippen MR) is 79.3 cm³/mol. The maximum Gasteiger partial charge on any atom is 0.329 e. The Kier molecular flexibility index (Phi) is 3.57. The van der Waals surface area contributed by atoms with Crippen LogP contribution in [0.3, 0.4) is 0 Å². The molecule has 1 aromatic carbocycles. The lowest BCUT2D eigenvalue weighted by Crippen LogP contribution is -2.52. The molecule has 0 saturated heterocycles. The molecule has 5 heteroatoms. The van der Waals surface area contributed by atoms with Crippen LogP contribution < -0.4 is 10.6 Å². The molecule has 3 N–H and O–H groups in total. The van der Waals surface area contributed by atoms with E-state index in [9.17, 15) is 14.7 Å². The van der Waals surface area contributed by atoms with Gasteiger partial charge < -0.3 is 15.7 Å². The number of carboxylic acids is 1. The van der Waals surface area contributed by atoms with E-state index < -0.39 is 11.5 Å². The van der Waals surface area contributed by atoms with Gasteiger partial charge in [-0.2, -0.15) is 0 Å². The van der Waals surface area contributed by atoms with Crippen molar-refractivity contribution < 1.29 is 14.7 Å². The van der Waals surface area contributed by atoms with Crippen molar-refractivity contribution in [3.05, 3.63) is 29.8 Å². The van der Waals surface area contributed by atoms with Gasteiger partial charge in [-0.15, -0.1) is 0 Å². The maximum atomic E-state index is 12.3. The Bertz CT molecular complexity index is 564. The molecule has 1 amide bonds. The number of hydrogen-bond donors (Lipinski definition) is 3. The average Bonchev–Trinajstić information content (AvgIpc) is 3.08. The van der Waals surface area contributed by atoms with Crippen molar-refractivity contribution in [2.45, 2.75) is 43.6 Å². The summed E-state index contributed by atoms with van der Waals surface area (Å²) >= 11 is 0. The average molecular weight is 288 g/mol. The topological polar surface area (TPSA) is 78.4 Å². The number of nitrogens with one attached hydrogen (secondary N) is 2. The van der Waals surface area contributed by atoms with Crippen LogP contribution in [-0.4, -0.2) is 29.1 Å². The number of carbonyl (C=O) groups excluding carboxylic acids is 1. The lowest BCUT2D eigenvalue weighted by Gasteiger charge is -2.26. The molecule has 0 spiro atoms. The van der Waals surface area contributed by atoms with E-state index in [0.29, 0.717) is 19.3 Å². The first-order valence-electron chi connectivity index (χ1n) is 7.48. The third-order valence-electron chi connectivity index (χ3n) is 4.62. The summed E-state index contributed by atoms with van der Waals surface area (Å²) in [6.07, 6.45) is 3.13. The summed E-state index contributed by atoms with van der Waals surface area (Å²) < 4.78 is 0. The highest BCUT2D eigenvalue weighted by Crippen LogP contribution is 2.34. The maximum absolute atomic E-state index is 12.3. The van der Waals surface area contributed by atoms with Gasteiger partial charge in [0.25, 0.3) is 0 Å². The number of benzene rings is 1. The van der Waals surface area contributed by atoms with Crippen LogP contribution in [0, 0.1) is 0 Å².